The van der Waals surface area contributed by atoms with Gasteiger partial charge in [0.05, 0.1) is 11.4 Å². The minimum Gasteiger partial charge on any atom is -0.481 e. The zero-order valence-electron chi connectivity index (χ0n) is 20.5. The van der Waals surface area contributed by atoms with Crippen LogP contribution in [-0.2, 0) is 4.79 Å². The predicted molar refractivity (Wildman–Crippen MR) is 145 cm³/mol. The fourth-order valence-corrected chi connectivity index (χ4v) is 5.49. The Hall–Kier alpha value is -3.80. The number of benzene rings is 3. The summed E-state index contributed by atoms with van der Waals surface area (Å²) >= 11 is 0. The van der Waals surface area contributed by atoms with Gasteiger partial charge < -0.3 is 15.7 Å². The van der Waals surface area contributed by atoms with Crippen LogP contribution in [0.2, 0.25) is 0 Å². The smallest absolute Gasteiger partial charge is 0.326 e. The third-order valence-corrected chi connectivity index (χ3v) is 7.54. The summed E-state index contributed by atoms with van der Waals surface area (Å²) in [5, 5.41) is 15.3. The summed E-state index contributed by atoms with van der Waals surface area (Å²) in [5.74, 6) is 0.401. The molecule has 186 valence electrons. The van der Waals surface area contributed by atoms with Crippen molar-refractivity contribution in [2.45, 2.75) is 44.4 Å². The molecule has 1 heterocycles. The molecule has 0 aromatic heterocycles. The van der Waals surface area contributed by atoms with E-state index >= 15 is 0 Å². The summed E-state index contributed by atoms with van der Waals surface area (Å²) in [4.78, 5) is 25.7. The first-order chi connectivity index (χ1) is 17.6. The van der Waals surface area contributed by atoms with E-state index in [4.69, 9.17) is 5.11 Å². The number of nitrogens with zero attached hydrogens (tertiary/aromatic N) is 1. The van der Waals surface area contributed by atoms with Crippen molar-refractivity contribution >= 4 is 29.1 Å². The van der Waals surface area contributed by atoms with E-state index in [1.165, 1.54) is 5.56 Å². The highest BCUT2D eigenvalue weighted by Gasteiger charge is 2.24. The standard InChI is InChI=1S/C30H33N3O3/c34-29(35)17-8-21-6-9-22(10-7-21)23-11-13-24(14-12-23)25-15-16-27-28(20-25)33(19-18-31-27)30(36)32-26-4-2-1-3-5-26/h1-5,11-16,20-22,31H,6-10,17-19H2,(H,32,36)(H,34,35). The average Bonchev–Trinajstić information content (AvgIpc) is 2.92. The van der Waals surface area contributed by atoms with Crippen molar-refractivity contribution in [2.24, 2.45) is 5.92 Å². The van der Waals surface area contributed by atoms with Crippen molar-refractivity contribution < 1.29 is 14.7 Å². The Morgan fingerprint density at radius 2 is 1.64 bits per heavy atom. The van der Waals surface area contributed by atoms with Crippen molar-refractivity contribution in [1.29, 1.82) is 0 Å². The molecule has 36 heavy (non-hydrogen) atoms. The topological polar surface area (TPSA) is 81.7 Å². The summed E-state index contributed by atoms with van der Waals surface area (Å²) in [6, 6.07) is 24.5. The maximum absolute atomic E-state index is 13.1. The highest BCUT2D eigenvalue weighted by Crippen LogP contribution is 2.39. The van der Waals surface area contributed by atoms with Gasteiger partial charge in [-0.05, 0) is 84.9 Å². The van der Waals surface area contributed by atoms with Crippen LogP contribution in [0.15, 0.2) is 72.8 Å². The van der Waals surface area contributed by atoms with Gasteiger partial charge in [0.1, 0.15) is 0 Å². The lowest BCUT2D eigenvalue weighted by Gasteiger charge is -2.31. The number of amides is 2. The summed E-state index contributed by atoms with van der Waals surface area (Å²) in [6.45, 7) is 1.31. The van der Waals surface area contributed by atoms with Gasteiger partial charge in [0.25, 0.3) is 0 Å². The van der Waals surface area contributed by atoms with Gasteiger partial charge in [0, 0.05) is 25.2 Å². The SMILES string of the molecule is O=C(O)CCC1CCC(c2ccc(-c3ccc4c(c3)N(C(=O)Nc3ccccc3)CCN4)cc2)CC1. The van der Waals surface area contributed by atoms with Crippen LogP contribution in [0.3, 0.4) is 0 Å². The molecule has 0 spiro atoms. The Balaban J connectivity index is 1.27. The van der Waals surface area contributed by atoms with Gasteiger partial charge in [-0.3, -0.25) is 9.69 Å². The zero-order chi connectivity index (χ0) is 24.9. The first-order valence-electron chi connectivity index (χ1n) is 12.9. The quantitative estimate of drug-likeness (QED) is 0.354. The summed E-state index contributed by atoms with van der Waals surface area (Å²) in [6.07, 6.45) is 5.55. The molecule has 6 nitrogen and oxygen atoms in total. The molecule has 0 atom stereocenters. The number of carboxylic acid groups (broad SMARTS) is 1. The van der Waals surface area contributed by atoms with Crippen LogP contribution in [0.5, 0.6) is 0 Å². The number of urea groups is 1. The third kappa shape index (κ3) is 5.54. The maximum Gasteiger partial charge on any atom is 0.326 e. The van der Waals surface area contributed by atoms with Crippen molar-refractivity contribution in [1.82, 2.24) is 0 Å². The van der Waals surface area contributed by atoms with Gasteiger partial charge >= 0.3 is 12.0 Å². The van der Waals surface area contributed by atoms with Crippen molar-refractivity contribution in [2.75, 3.05) is 28.6 Å². The molecule has 1 aliphatic heterocycles. The van der Waals surface area contributed by atoms with E-state index in [0.717, 1.165) is 60.3 Å². The van der Waals surface area contributed by atoms with Gasteiger partial charge in [-0.1, -0.05) is 48.5 Å². The average molecular weight is 484 g/mol. The number of hydrogen-bond donors (Lipinski definition) is 3. The second-order valence-electron chi connectivity index (χ2n) is 9.88. The summed E-state index contributed by atoms with van der Waals surface area (Å²) in [7, 11) is 0. The molecule has 3 aromatic carbocycles. The van der Waals surface area contributed by atoms with Gasteiger partial charge in [-0.25, -0.2) is 4.79 Å². The molecule has 2 aliphatic rings. The molecule has 3 aromatic rings. The Morgan fingerprint density at radius 3 is 2.36 bits per heavy atom. The second kappa shape index (κ2) is 10.9. The molecule has 1 aliphatic carbocycles. The number of anilines is 3. The number of rotatable bonds is 6. The molecule has 5 rings (SSSR count). The van der Waals surface area contributed by atoms with E-state index < -0.39 is 5.97 Å². The molecule has 3 N–H and O–H groups in total. The van der Waals surface area contributed by atoms with Crippen LogP contribution in [-0.4, -0.2) is 30.2 Å². The lowest BCUT2D eigenvalue weighted by Crippen LogP contribution is -2.41. The number of carboxylic acids is 1. The highest BCUT2D eigenvalue weighted by atomic mass is 16.4. The number of carbonyl (C=O) groups is 2. The molecule has 1 saturated carbocycles. The molecule has 0 radical (unpaired) electrons. The predicted octanol–water partition coefficient (Wildman–Crippen LogP) is 6.96. The zero-order valence-corrected chi connectivity index (χ0v) is 20.5. The van der Waals surface area contributed by atoms with Crippen LogP contribution in [0, 0.1) is 5.92 Å². The highest BCUT2D eigenvalue weighted by molar-refractivity contribution is 6.05. The second-order valence-corrected chi connectivity index (χ2v) is 9.88. The number of para-hydroxylation sites is 1. The van der Waals surface area contributed by atoms with E-state index in [1.54, 1.807) is 4.90 Å². The fourth-order valence-electron chi connectivity index (χ4n) is 5.49. The Bertz CT molecular complexity index is 1200. The Morgan fingerprint density at radius 1 is 0.917 bits per heavy atom. The van der Waals surface area contributed by atoms with Crippen LogP contribution in [0.1, 0.15) is 50.0 Å². The van der Waals surface area contributed by atoms with Crippen LogP contribution in [0.4, 0.5) is 21.9 Å². The molecule has 0 bridgehead atoms. The molecule has 1 fully saturated rings. The normalized spacial score (nSPS) is 19.2. The van der Waals surface area contributed by atoms with Crippen LogP contribution in [0.25, 0.3) is 11.1 Å². The lowest BCUT2D eigenvalue weighted by molar-refractivity contribution is -0.137. The first-order valence-corrected chi connectivity index (χ1v) is 12.9. The minimum absolute atomic E-state index is 0.129. The molecule has 0 saturated heterocycles. The summed E-state index contributed by atoms with van der Waals surface area (Å²) < 4.78 is 0. The Labute approximate surface area is 212 Å². The number of carbonyl (C=O) groups excluding carboxylic acids is 1. The van der Waals surface area contributed by atoms with Crippen LogP contribution < -0.4 is 15.5 Å². The van der Waals surface area contributed by atoms with Gasteiger partial charge in [0.15, 0.2) is 0 Å². The van der Waals surface area contributed by atoms with Crippen molar-refractivity contribution in [3.63, 3.8) is 0 Å². The molecule has 2 amide bonds. The third-order valence-electron chi connectivity index (χ3n) is 7.54. The largest absolute Gasteiger partial charge is 0.481 e. The number of aliphatic carboxylic acids is 1. The maximum atomic E-state index is 13.1. The van der Waals surface area contributed by atoms with Gasteiger partial charge in [0.2, 0.25) is 0 Å². The Kier molecular flexibility index (Phi) is 7.21. The molecule has 6 heteroatoms. The van der Waals surface area contributed by atoms with E-state index in [0.29, 0.717) is 24.9 Å². The fraction of sp³-hybridized carbons (Fsp3) is 0.333. The molecular weight excluding hydrogens is 450 g/mol. The summed E-state index contributed by atoms with van der Waals surface area (Å²) in [5.41, 5.74) is 6.20. The van der Waals surface area contributed by atoms with Gasteiger partial charge in [-0.15, -0.1) is 0 Å². The monoisotopic (exact) mass is 483 g/mol. The van der Waals surface area contributed by atoms with Crippen molar-refractivity contribution in [3.8, 4) is 11.1 Å². The minimum atomic E-state index is -0.689. The number of nitrogens with one attached hydrogen (secondary N) is 2. The van der Waals surface area contributed by atoms with E-state index in [2.05, 4.69) is 53.1 Å². The van der Waals surface area contributed by atoms with Crippen LogP contribution >= 0.6 is 0 Å². The van der Waals surface area contributed by atoms with E-state index in [1.807, 2.05) is 30.3 Å². The number of hydrogen-bond acceptors (Lipinski definition) is 3. The van der Waals surface area contributed by atoms with Crippen molar-refractivity contribution in [3.05, 3.63) is 78.4 Å². The van der Waals surface area contributed by atoms with E-state index in [-0.39, 0.29) is 12.5 Å². The first kappa shape index (κ1) is 23.9. The lowest BCUT2D eigenvalue weighted by atomic mass is 9.77. The molecule has 0 unspecified atom stereocenters. The van der Waals surface area contributed by atoms with Gasteiger partial charge in [-0.2, -0.15) is 0 Å². The van der Waals surface area contributed by atoms with E-state index in [9.17, 15) is 9.59 Å². The number of fused-ring (bicyclic) bond motifs is 1. The molecular formula is C30H33N3O3.